The molecule has 52 heavy (non-hydrogen) atoms. The number of carbonyl (C=O) groups excluding carboxylic acids is 4. The van der Waals surface area contributed by atoms with E-state index in [0.29, 0.717) is 52.6 Å². The molecule has 2 saturated heterocycles. The highest BCUT2D eigenvalue weighted by atomic mass is 16.5. The van der Waals surface area contributed by atoms with Gasteiger partial charge in [0.15, 0.2) is 0 Å². The maximum Gasteiger partial charge on any atom is 0.318 e. The maximum absolute atomic E-state index is 13.9. The summed E-state index contributed by atoms with van der Waals surface area (Å²) in [5.74, 6) is -1.62. The predicted octanol–water partition coefficient (Wildman–Crippen LogP) is 1.30. The lowest BCUT2D eigenvalue weighted by atomic mass is 9.90. The van der Waals surface area contributed by atoms with E-state index in [9.17, 15) is 29.4 Å². The molecule has 4 rings (SSSR count). The van der Waals surface area contributed by atoms with Gasteiger partial charge < -0.3 is 50.8 Å². The van der Waals surface area contributed by atoms with Gasteiger partial charge in [0.2, 0.25) is 11.8 Å². The van der Waals surface area contributed by atoms with Crippen molar-refractivity contribution in [2.24, 2.45) is 11.8 Å². The van der Waals surface area contributed by atoms with Gasteiger partial charge in [-0.25, -0.2) is 9.59 Å². The molecule has 0 radical (unpaired) electrons. The van der Waals surface area contributed by atoms with E-state index in [1.807, 2.05) is 88.4 Å². The Bertz CT molecular complexity index is 1310. The Morgan fingerprint density at radius 3 is 1.21 bits per heavy atom. The Kier molecular flexibility index (Phi) is 15.7. The van der Waals surface area contributed by atoms with Crippen molar-refractivity contribution in [2.45, 2.75) is 76.9 Å². The van der Waals surface area contributed by atoms with Crippen LogP contribution in [0.25, 0.3) is 0 Å². The summed E-state index contributed by atoms with van der Waals surface area (Å²) in [4.78, 5) is 57.1. The molecule has 0 spiro atoms. The Hall–Kier alpha value is -4.24. The number of amides is 6. The highest BCUT2D eigenvalue weighted by Gasteiger charge is 2.38. The first-order valence-corrected chi connectivity index (χ1v) is 18.3. The van der Waals surface area contributed by atoms with E-state index < -0.39 is 48.2 Å². The van der Waals surface area contributed by atoms with E-state index in [0.717, 1.165) is 11.1 Å². The van der Waals surface area contributed by atoms with Gasteiger partial charge in [-0.3, -0.25) is 9.59 Å². The number of benzene rings is 2. The summed E-state index contributed by atoms with van der Waals surface area (Å²) in [6.07, 6.45) is -2.80. The third-order valence-electron chi connectivity index (χ3n) is 9.48. The number of nitrogens with one attached hydrogen (secondary N) is 4. The number of urea groups is 2. The van der Waals surface area contributed by atoms with Crippen molar-refractivity contribution in [1.29, 1.82) is 0 Å². The first kappa shape index (κ1) is 40.5. The van der Waals surface area contributed by atoms with Crippen LogP contribution in [-0.4, -0.2) is 133 Å². The lowest BCUT2D eigenvalue weighted by Gasteiger charge is -2.36. The van der Waals surface area contributed by atoms with Gasteiger partial charge in [0.05, 0.1) is 38.5 Å². The minimum absolute atomic E-state index is 0.156. The lowest BCUT2D eigenvalue weighted by Crippen LogP contribution is -2.62. The molecule has 0 aliphatic carbocycles. The van der Waals surface area contributed by atoms with Crippen molar-refractivity contribution in [2.75, 3.05) is 52.6 Å². The zero-order valence-corrected chi connectivity index (χ0v) is 30.7. The third-order valence-corrected chi connectivity index (χ3v) is 9.48. The van der Waals surface area contributed by atoms with Gasteiger partial charge in [0.25, 0.3) is 0 Å². The minimum atomic E-state index is -1.55. The Labute approximate surface area is 306 Å². The van der Waals surface area contributed by atoms with Crippen molar-refractivity contribution < 1.29 is 38.9 Å². The molecule has 14 nitrogen and oxygen atoms in total. The predicted molar refractivity (Wildman–Crippen MR) is 195 cm³/mol. The number of aliphatic hydroxyl groups excluding tert-OH is 2. The van der Waals surface area contributed by atoms with Crippen molar-refractivity contribution >= 4 is 23.9 Å². The minimum Gasteiger partial charge on any atom is -0.388 e. The molecule has 2 aromatic rings. The van der Waals surface area contributed by atoms with Crippen molar-refractivity contribution in [3.63, 3.8) is 0 Å². The quantitative estimate of drug-likeness (QED) is 0.159. The molecule has 0 unspecified atom stereocenters. The van der Waals surface area contributed by atoms with Crippen molar-refractivity contribution in [3.05, 3.63) is 71.8 Å². The molecular weight excluding hydrogens is 668 g/mol. The third kappa shape index (κ3) is 11.9. The molecule has 2 aliphatic rings. The number of nitrogens with zero attached hydrogens (tertiary/aromatic N) is 2. The summed E-state index contributed by atoms with van der Waals surface area (Å²) in [6.45, 7) is 10.5. The molecule has 14 heteroatoms. The number of morpholine rings is 2. The normalized spacial score (nSPS) is 18.5. The van der Waals surface area contributed by atoms with Gasteiger partial charge in [-0.15, -0.1) is 0 Å². The van der Waals surface area contributed by atoms with Gasteiger partial charge >= 0.3 is 12.1 Å². The number of carbonyl (C=O) groups is 4. The molecule has 0 saturated carbocycles. The standard InChI is InChI=1S/C38H56N6O8/c1-25(2)31(41-37(49)43-15-19-51-20-16-43)35(47)39-29(23-27-11-7-5-8-12-27)33(45)34(46)30(24-28-13-9-6-10-14-28)40-36(48)32(26(3)4)42-38(50)44-17-21-52-22-18-44/h5-14,25-26,29-34,45-46H,15-24H2,1-4H3,(H,39,47)(H,40,48)(H,41,49)(H,42,50)/t29-,30-,31-,32-,33-,34-/m0/s1. The largest absolute Gasteiger partial charge is 0.388 e. The number of hydrogen-bond donors (Lipinski definition) is 6. The molecule has 286 valence electrons. The lowest BCUT2D eigenvalue weighted by molar-refractivity contribution is -0.129. The van der Waals surface area contributed by atoms with E-state index in [1.54, 1.807) is 9.80 Å². The fraction of sp³-hybridized carbons (Fsp3) is 0.579. The number of ether oxygens (including phenoxy) is 2. The zero-order chi connectivity index (χ0) is 37.6. The van der Waals surface area contributed by atoms with Gasteiger partial charge in [-0.2, -0.15) is 0 Å². The number of rotatable bonds is 15. The monoisotopic (exact) mass is 724 g/mol. The van der Waals surface area contributed by atoms with Crippen LogP contribution in [0.4, 0.5) is 9.59 Å². The fourth-order valence-corrected chi connectivity index (χ4v) is 6.32. The fourth-order valence-electron chi connectivity index (χ4n) is 6.32. The molecule has 0 aromatic heterocycles. The van der Waals surface area contributed by atoms with Crippen LogP contribution in [0.15, 0.2) is 60.7 Å². The van der Waals surface area contributed by atoms with E-state index in [1.165, 1.54) is 0 Å². The molecule has 6 atom stereocenters. The average molecular weight is 725 g/mol. The van der Waals surface area contributed by atoms with Gasteiger partial charge in [0.1, 0.15) is 24.3 Å². The summed E-state index contributed by atoms with van der Waals surface area (Å²) >= 11 is 0. The van der Waals surface area contributed by atoms with Crippen LogP contribution in [0.3, 0.4) is 0 Å². The smallest absolute Gasteiger partial charge is 0.318 e. The van der Waals surface area contributed by atoms with Crippen LogP contribution in [-0.2, 0) is 31.9 Å². The van der Waals surface area contributed by atoms with Gasteiger partial charge in [-0.1, -0.05) is 88.4 Å². The van der Waals surface area contributed by atoms with Crippen LogP contribution in [0.2, 0.25) is 0 Å². The van der Waals surface area contributed by atoms with Crippen LogP contribution in [0.1, 0.15) is 38.8 Å². The van der Waals surface area contributed by atoms with Gasteiger partial charge in [-0.05, 0) is 35.8 Å². The van der Waals surface area contributed by atoms with E-state index in [2.05, 4.69) is 21.3 Å². The summed E-state index contributed by atoms with van der Waals surface area (Å²) in [5.41, 5.74) is 1.60. The molecule has 2 aliphatic heterocycles. The first-order chi connectivity index (χ1) is 24.9. The highest BCUT2D eigenvalue weighted by molar-refractivity contribution is 5.88. The Balaban J connectivity index is 1.56. The highest BCUT2D eigenvalue weighted by Crippen LogP contribution is 2.17. The number of hydrogen-bond acceptors (Lipinski definition) is 8. The second-order valence-electron chi connectivity index (χ2n) is 14.1. The molecule has 6 amide bonds. The van der Waals surface area contributed by atoms with E-state index in [4.69, 9.17) is 9.47 Å². The van der Waals surface area contributed by atoms with Crippen molar-refractivity contribution in [1.82, 2.24) is 31.1 Å². The van der Waals surface area contributed by atoms with Gasteiger partial charge in [0, 0.05) is 26.2 Å². The number of aliphatic hydroxyl groups is 2. The zero-order valence-electron chi connectivity index (χ0n) is 30.7. The van der Waals surface area contributed by atoms with Crippen LogP contribution in [0, 0.1) is 11.8 Å². The van der Waals surface area contributed by atoms with E-state index >= 15 is 0 Å². The van der Waals surface area contributed by atoms with Crippen molar-refractivity contribution in [3.8, 4) is 0 Å². The molecule has 2 fully saturated rings. The molecule has 2 aromatic carbocycles. The molecule has 2 heterocycles. The second-order valence-corrected chi connectivity index (χ2v) is 14.1. The first-order valence-electron chi connectivity index (χ1n) is 18.3. The Morgan fingerprint density at radius 2 is 0.904 bits per heavy atom. The van der Waals surface area contributed by atoms with Crippen LogP contribution < -0.4 is 21.3 Å². The molecular formula is C38H56N6O8. The summed E-state index contributed by atoms with van der Waals surface area (Å²) in [7, 11) is 0. The van der Waals surface area contributed by atoms with Crippen LogP contribution in [0.5, 0.6) is 0 Å². The molecule has 0 bridgehead atoms. The van der Waals surface area contributed by atoms with Crippen LogP contribution >= 0.6 is 0 Å². The molecule has 6 N–H and O–H groups in total. The summed E-state index contributed by atoms with van der Waals surface area (Å²) in [5, 5.41) is 35.3. The second kappa shape index (κ2) is 20.1. The topological polar surface area (TPSA) is 182 Å². The summed E-state index contributed by atoms with van der Waals surface area (Å²) in [6, 6.07) is 13.8. The SMILES string of the molecule is CC(C)[C@H](NC(=O)N1CCOCC1)C(=O)N[C@@H](Cc1ccccc1)[C@H](O)[C@@H](O)[C@H](Cc1ccccc1)NC(=O)[C@@H](NC(=O)N1CCOCC1)C(C)C. The average Bonchev–Trinajstić information content (AvgIpc) is 3.15. The maximum atomic E-state index is 13.9. The Morgan fingerprint density at radius 1 is 0.577 bits per heavy atom. The summed E-state index contributed by atoms with van der Waals surface area (Å²) < 4.78 is 10.7. The van der Waals surface area contributed by atoms with E-state index in [-0.39, 0.29) is 36.7 Å².